The first-order chi connectivity index (χ1) is 9.43. The Morgan fingerprint density at radius 3 is 2.35 bits per heavy atom. The number of benzene rings is 1. The minimum absolute atomic E-state index is 0.365. The van der Waals surface area contributed by atoms with E-state index in [1.165, 1.54) is 12.0 Å². The summed E-state index contributed by atoms with van der Waals surface area (Å²) in [5.74, 6) is 1.64. The SMILES string of the molecule is CCCCOc1ccc(CNCC(C)C(C)(C)C)cc1. The molecule has 0 bridgehead atoms. The van der Waals surface area contributed by atoms with Gasteiger partial charge in [0.25, 0.3) is 0 Å². The lowest BCUT2D eigenvalue weighted by molar-refractivity contribution is 0.252. The summed E-state index contributed by atoms with van der Waals surface area (Å²) in [7, 11) is 0. The van der Waals surface area contributed by atoms with Gasteiger partial charge in [0.2, 0.25) is 0 Å². The fourth-order valence-corrected chi connectivity index (χ4v) is 1.78. The standard InChI is InChI=1S/C18H31NO/c1-6-7-12-20-17-10-8-16(9-11-17)14-19-13-15(2)18(3,4)5/h8-11,15,19H,6-7,12-14H2,1-5H3. The topological polar surface area (TPSA) is 21.3 Å². The molecule has 0 fully saturated rings. The van der Waals surface area contributed by atoms with E-state index in [9.17, 15) is 0 Å². The summed E-state index contributed by atoms with van der Waals surface area (Å²) in [5.41, 5.74) is 1.68. The molecule has 0 radical (unpaired) electrons. The monoisotopic (exact) mass is 277 g/mol. The maximum atomic E-state index is 5.67. The Hall–Kier alpha value is -1.02. The van der Waals surface area contributed by atoms with Crippen LogP contribution < -0.4 is 10.1 Å². The molecule has 1 N–H and O–H groups in total. The minimum Gasteiger partial charge on any atom is -0.494 e. The van der Waals surface area contributed by atoms with Gasteiger partial charge in [-0.05, 0) is 42.0 Å². The summed E-state index contributed by atoms with van der Waals surface area (Å²) in [6.45, 7) is 14.2. The van der Waals surface area contributed by atoms with E-state index in [-0.39, 0.29) is 0 Å². The van der Waals surface area contributed by atoms with Gasteiger partial charge in [0.15, 0.2) is 0 Å². The number of unbranched alkanes of at least 4 members (excludes halogenated alkanes) is 1. The van der Waals surface area contributed by atoms with Crippen molar-refractivity contribution < 1.29 is 4.74 Å². The Kier molecular flexibility index (Phi) is 7.08. The second kappa shape index (κ2) is 8.31. The molecule has 0 saturated heterocycles. The van der Waals surface area contributed by atoms with E-state index in [1.807, 2.05) is 0 Å². The summed E-state index contributed by atoms with van der Waals surface area (Å²) in [5, 5.41) is 3.54. The molecule has 114 valence electrons. The second-order valence-electron chi connectivity index (χ2n) is 6.74. The fourth-order valence-electron chi connectivity index (χ4n) is 1.78. The highest BCUT2D eigenvalue weighted by molar-refractivity contribution is 5.27. The van der Waals surface area contributed by atoms with Crippen molar-refractivity contribution in [3.63, 3.8) is 0 Å². The van der Waals surface area contributed by atoms with Gasteiger partial charge in [-0.2, -0.15) is 0 Å². The van der Waals surface area contributed by atoms with Crippen LogP contribution in [-0.4, -0.2) is 13.2 Å². The Balaban J connectivity index is 2.31. The van der Waals surface area contributed by atoms with E-state index >= 15 is 0 Å². The van der Waals surface area contributed by atoms with Crippen molar-refractivity contribution in [1.82, 2.24) is 5.32 Å². The zero-order chi connectivity index (χ0) is 15.0. The normalized spacial score (nSPS) is 13.2. The summed E-state index contributed by atoms with van der Waals surface area (Å²) < 4.78 is 5.67. The van der Waals surface area contributed by atoms with Gasteiger partial charge in [0, 0.05) is 6.54 Å². The van der Waals surface area contributed by atoms with Crippen molar-refractivity contribution in [2.75, 3.05) is 13.2 Å². The molecule has 1 unspecified atom stereocenters. The summed E-state index contributed by atoms with van der Waals surface area (Å²) >= 11 is 0. The highest BCUT2D eigenvalue weighted by atomic mass is 16.5. The first-order valence-electron chi connectivity index (χ1n) is 7.86. The van der Waals surface area contributed by atoms with Gasteiger partial charge in [-0.3, -0.25) is 0 Å². The first-order valence-corrected chi connectivity index (χ1v) is 7.86. The van der Waals surface area contributed by atoms with Crippen LogP contribution in [0.25, 0.3) is 0 Å². The van der Waals surface area contributed by atoms with Crippen molar-refractivity contribution in [3.05, 3.63) is 29.8 Å². The van der Waals surface area contributed by atoms with Crippen LogP contribution in [0.15, 0.2) is 24.3 Å². The molecule has 20 heavy (non-hydrogen) atoms. The zero-order valence-corrected chi connectivity index (χ0v) is 13.8. The largest absolute Gasteiger partial charge is 0.494 e. The average molecular weight is 277 g/mol. The lowest BCUT2D eigenvalue weighted by atomic mass is 9.82. The van der Waals surface area contributed by atoms with Crippen LogP contribution in [0.1, 0.15) is 53.0 Å². The van der Waals surface area contributed by atoms with Crippen molar-refractivity contribution in [2.24, 2.45) is 11.3 Å². The minimum atomic E-state index is 0.365. The summed E-state index contributed by atoms with van der Waals surface area (Å²) in [6.07, 6.45) is 2.29. The summed E-state index contributed by atoms with van der Waals surface area (Å²) in [6, 6.07) is 8.44. The highest BCUT2D eigenvalue weighted by Crippen LogP contribution is 2.24. The molecule has 0 aromatic heterocycles. The van der Waals surface area contributed by atoms with Crippen molar-refractivity contribution in [3.8, 4) is 5.75 Å². The van der Waals surface area contributed by atoms with Crippen LogP contribution in [-0.2, 0) is 6.54 Å². The van der Waals surface area contributed by atoms with Crippen LogP contribution >= 0.6 is 0 Å². The number of hydrogen-bond acceptors (Lipinski definition) is 2. The fraction of sp³-hybridized carbons (Fsp3) is 0.667. The second-order valence-corrected chi connectivity index (χ2v) is 6.74. The number of nitrogens with one attached hydrogen (secondary N) is 1. The van der Waals surface area contributed by atoms with E-state index in [1.54, 1.807) is 0 Å². The molecule has 0 heterocycles. The van der Waals surface area contributed by atoms with Crippen LogP contribution in [0.5, 0.6) is 5.75 Å². The molecule has 1 aromatic carbocycles. The predicted molar refractivity (Wildman–Crippen MR) is 87.2 cm³/mol. The van der Waals surface area contributed by atoms with Crippen LogP contribution in [0.3, 0.4) is 0 Å². The van der Waals surface area contributed by atoms with E-state index < -0.39 is 0 Å². The predicted octanol–water partition coefficient (Wildman–Crippen LogP) is 4.64. The lowest BCUT2D eigenvalue weighted by Gasteiger charge is -2.27. The smallest absolute Gasteiger partial charge is 0.119 e. The lowest BCUT2D eigenvalue weighted by Crippen LogP contribution is -2.29. The number of rotatable bonds is 8. The van der Waals surface area contributed by atoms with Gasteiger partial charge in [0.1, 0.15) is 5.75 Å². The quantitative estimate of drug-likeness (QED) is 0.699. The van der Waals surface area contributed by atoms with Crippen molar-refractivity contribution >= 4 is 0 Å². The van der Waals surface area contributed by atoms with Gasteiger partial charge in [-0.25, -0.2) is 0 Å². The Labute approximate surface area is 124 Å². The van der Waals surface area contributed by atoms with E-state index in [0.29, 0.717) is 11.3 Å². The third kappa shape index (κ3) is 6.42. The van der Waals surface area contributed by atoms with E-state index in [2.05, 4.69) is 64.2 Å². The molecule has 0 amide bonds. The maximum Gasteiger partial charge on any atom is 0.119 e. The van der Waals surface area contributed by atoms with E-state index in [0.717, 1.165) is 31.9 Å². The molecule has 1 atom stereocenters. The average Bonchev–Trinajstić information content (AvgIpc) is 2.39. The third-order valence-electron chi connectivity index (χ3n) is 3.95. The molecule has 2 heteroatoms. The molecule has 0 saturated carbocycles. The molecule has 0 aliphatic carbocycles. The van der Waals surface area contributed by atoms with Gasteiger partial charge < -0.3 is 10.1 Å². The molecule has 0 spiro atoms. The van der Waals surface area contributed by atoms with Gasteiger partial charge in [-0.1, -0.05) is 53.2 Å². The van der Waals surface area contributed by atoms with Crippen molar-refractivity contribution in [1.29, 1.82) is 0 Å². The third-order valence-corrected chi connectivity index (χ3v) is 3.95. The maximum absolute atomic E-state index is 5.67. The van der Waals surface area contributed by atoms with Gasteiger partial charge in [0.05, 0.1) is 6.61 Å². The number of hydrogen-bond donors (Lipinski definition) is 1. The molecular weight excluding hydrogens is 246 g/mol. The van der Waals surface area contributed by atoms with Crippen LogP contribution in [0.4, 0.5) is 0 Å². The Morgan fingerprint density at radius 2 is 1.80 bits per heavy atom. The molecule has 1 aromatic rings. The summed E-state index contributed by atoms with van der Waals surface area (Å²) in [4.78, 5) is 0. The van der Waals surface area contributed by atoms with Gasteiger partial charge in [-0.15, -0.1) is 0 Å². The number of ether oxygens (including phenoxy) is 1. The molecule has 1 rings (SSSR count). The van der Waals surface area contributed by atoms with Crippen molar-refractivity contribution in [2.45, 2.75) is 54.0 Å². The Morgan fingerprint density at radius 1 is 1.15 bits per heavy atom. The molecule has 0 aliphatic rings. The molecule has 2 nitrogen and oxygen atoms in total. The first kappa shape index (κ1) is 17.0. The van der Waals surface area contributed by atoms with Crippen LogP contribution in [0.2, 0.25) is 0 Å². The highest BCUT2D eigenvalue weighted by Gasteiger charge is 2.18. The molecular formula is C18H31NO. The van der Waals surface area contributed by atoms with Gasteiger partial charge >= 0.3 is 0 Å². The molecule has 0 aliphatic heterocycles. The van der Waals surface area contributed by atoms with E-state index in [4.69, 9.17) is 4.74 Å². The zero-order valence-electron chi connectivity index (χ0n) is 13.8. The Bertz CT molecular complexity index is 364. The van der Waals surface area contributed by atoms with Crippen LogP contribution in [0, 0.1) is 11.3 Å².